The average molecular weight is 388 g/mol. The van der Waals surface area contributed by atoms with Crippen LogP contribution in [0.15, 0.2) is 58.9 Å². The monoisotopic (exact) mass is 387 g/mol. The summed E-state index contributed by atoms with van der Waals surface area (Å²) in [4.78, 5) is 25.8. The van der Waals surface area contributed by atoms with E-state index in [1.807, 2.05) is 12.1 Å². The van der Waals surface area contributed by atoms with E-state index >= 15 is 0 Å². The SMILES string of the molecule is O=Nc1c(O)[nH]c2ccccc12.O=Nc1c(O)[nH]c2ccccc12.[Cu]. The fourth-order valence-corrected chi connectivity index (χ4v) is 2.41. The smallest absolute Gasteiger partial charge is 0.219 e. The van der Waals surface area contributed by atoms with Crippen LogP contribution in [0.2, 0.25) is 0 Å². The van der Waals surface area contributed by atoms with E-state index in [4.69, 9.17) is 0 Å². The second-order valence-electron chi connectivity index (χ2n) is 4.92. The van der Waals surface area contributed by atoms with Crippen molar-refractivity contribution in [3.63, 3.8) is 0 Å². The van der Waals surface area contributed by atoms with Crippen molar-refractivity contribution in [2.75, 3.05) is 0 Å². The van der Waals surface area contributed by atoms with Crippen molar-refractivity contribution in [3.05, 3.63) is 58.3 Å². The summed E-state index contributed by atoms with van der Waals surface area (Å²) in [7, 11) is 0. The van der Waals surface area contributed by atoms with E-state index in [2.05, 4.69) is 20.3 Å². The van der Waals surface area contributed by atoms with Crippen LogP contribution in [0, 0.1) is 9.81 Å². The van der Waals surface area contributed by atoms with Crippen LogP contribution in [0.1, 0.15) is 0 Å². The number of benzene rings is 2. The van der Waals surface area contributed by atoms with Crippen LogP contribution < -0.4 is 0 Å². The Bertz CT molecular complexity index is 957. The van der Waals surface area contributed by atoms with Gasteiger partial charge in [0, 0.05) is 27.8 Å². The maximum absolute atomic E-state index is 10.3. The number of nitroso groups, excluding NO2 is 2. The maximum atomic E-state index is 10.3. The quantitative estimate of drug-likeness (QED) is 0.297. The van der Waals surface area contributed by atoms with Gasteiger partial charge in [-0.1, -0.05) is 36.4 Å². The molecule has 25 heavy (non-hydrogen) atoms. The van der Waals surface area contributed by atoms with E-state index in [9.17, 15) is 20.0 Å². The van der Waals surface area contributed by atoms with E-state index < -0.39 is 0 Å². The van der Waals surface area contributed by atoms with E-state index in [-0.39, 0.29) is 40.2 Å². The number of nitrogens with zero attached hydrogens (tertiary/aromatic N) is 2. The van der Waals surface area contributed by atoms with Gasteiger partial charge >= 0.3 is 0 Å². The Morgan fingerprint density at radius 2 is 1.04 bits per heavy atom. The molecule has 0 bridgehead atoms. The van der Waals surface area contributed by atoms with Gasteiger partial charge in [0.2, 0.25) is 11.8 Å². The van der Waals surface area contributed by atoms with Crippen LogP contribution in [-0.2, 0) is 17.1 Å². The zero-order valence-corrected chi connectivity index (χ0v) is 13.5. The summed E-state index contributed by atoms with van der Waals surface area (Å²) >= 11 is 0. The third-order valence-electron chi connectivity index (χ3n) is 3.50. The normalized spacial score (nSPS) is 9.92. The summed E-state index contributed by atoms with van der Waals surface area (Å²) in [5.41, 5.74) is 1.57. The zero-order chi connectivity index (χ0) is 17.1. The molecule has 1 radical (unpaired) electrons. The molecular weight excluding hydrogens is 376 g/mol. The van der Waals surface area contributed by atoms with E-state index in [1.165, 1.54) is 0 Å². The fraction of sp³-hybridized carbons (Fsp3) is 0. The number of hydrogen-bond acceptors (Lipinski definition) is 6. The molecule has 0 aliphatic heterocycles. The Hall–Kier alpha value is -3.16. The third kappa shape index (κ3) is 3.37. The van der Waals surface area contributed by atoms with Gasteiger partial charge in [-0.2, -0.15) is 0 Å². The maximum Gasteiger partial charge on any atom is 0.219 e. The summed E-state index contributed by atoms with van der Waals surface area (Å²) in [5.74, 6) is -0.350. The van der Waals surface area contributed by atoms with E-state index in [0.29, 0.717) is 21.8 Å². The van der Waals surface area contributed by atoms with Crippen LogP contribution in [0.5, 0.6) is 11.8 Å². The van der Waals surface area contributed by atoms with Crippen molar-refractivity contribution in [2.24, 2.45) is 10.4 Å². The fourth-order valence-electron chi connectivity index (χ4n) is 2.41. The Balaban J connectivity index is 0.000000173. The second kappa shape index (κ2) is 7.61. The number of para-hydroxylation sites is 2. The summed E-state index contributed by atoms with van der Waals surface area (Å²) in [6.07, 6.45) is 0. The Kier molecular flexibility index (Phi) is 5.53. The molecule has 2 heterocycles. The van der Waals surface area contributed by atoms with Crippen molar-refractivity contribution in [3.8, 4) is 11.8 Å². The van der Waals surface area contributed by atoms with E-state index in [1.54, 1.807) is 36.4 Å². The van der Waals surface area contributed by atoms with Gasteiger partial charge in [0.1, 0.15) is 0 Å². The molecule has 0 saturated heterocycles. The predicted molar refractivity (Wildman–Crippen MR) is 90.8 cm³/mol. The number of aromatic hydroxyl groups is 2. The molecule has 4 aromatic rings. The Labute approximate surface area is 151 Å². The third-order valence-corrected chi connectivity index (χ3v) is 3.50. The number of hydrogen-bond donors (Lipinski definition) is 4. The van der Waals surface area contributed by atoms with Gasteiger partial charge in [0.15, 0.2) is 11.4 Å². The first-order chi connectivity index (χ1) is 11.7. The van der Waals surface area contributed by atoms with Crippen molar-refractivity contribution in [2.45, 2.75) is 0 Å². The minimum absolute atomic E-state index is 0. The first-order valence-corrected chi connectivity index (χ1v) is 6.91. The Morgan fingerprint density at radius 1 is 0.680 bits per heavy atom. The molecule has 0 unspecified atom stereocenters. The van der Waals surface area contributed by atoms with Crippen molar-refractivity contribution in [1.82, 2.24) is 9.97 Å². The molecule has 0 spiro atoms. The minimum atomic E-state index is -0.175. The zero-order valence-electron chi connectivity index (χ0n) is 12.5. The van der Waals surface area contributed by atoms with Crippen LogP contribution in [0.3, 0.4) is 0 Å². The minimum Gasteiger partial charge on any atom is -0.493 e. The number of fused-ring (bicyclic) bond motifs is 2. The van der Waals surface area contributed by atoms with Crippen LogP contribution >= 0.6 is 0 Å². The first kappa shape index (κ1) is 18.2. The molecule has 0 fully saturated rings. The van der Waals surface area contributed by atoms with Crippen LogP contribution in [-0.4, -0.2) is 20.2 Å². The molecule has 2 aromatic carbocycles. The molecule has 8 nitrogen and oxygen atoms in total. The van der Waals surface area contributed by atoms with Crippen molar-refractivity contribution in [1.29, 1.82) is 0 Å². The average Bonchev–Trinajstić information content (AvgIpc) is 3.09. The molecule has 0 aliphatic rings. The van der Waals surface area contributed by atoms with Gasteiger partial charge in [-0.25, -0.2) is 0 Å². The van der Waals surface area contributed by atoms with Gasteiger partial charge in [0.25, 0.3) is 0 Å². The van der Waals surface area contributed by atoms with E-state index in [0.717, 1.165) is 0 Å². The molecule has 9 heteroatoms. The summed E-state index contributed by atoms with van der Waals surface area (Å²) in [6.45, 7) is 0. The van der Waals surface area contributed by atoms with Gasteiger partial charge in [-0.15, -0.1) is 9.81 Å². The molecule has 4 N–H and O–H groups in total. The molecule has 0 atom stereocenters. The van der Waals surface area contributed by atoms with Gasteiger partial charge in [-0.05, 0) is 22.5 Å². The molecule has 2 aromatic heterocycles. The molecule has 0 saturated carbocycles. The number of aromatic amines is 2. The standard InChI is InChI=1S/2C8H6N2O2.Cu/c2*11-8-7(10-12)5-3-1-2-4-6(5)9-8;/h2*1-4,9,11H;. The number of rotatable bonds is 2. The topological polar surface area (TPSA) is 131 Å². The van der Waals surface area contributed by atoms with Gasteiger partial charge in [0.05, 0.1) is 11.0 Å². The molecule has 0 aliphatic carbocycles. The Morgan fingerprint density at radius 3 is 1.40 bits per heavy atom. The summed E-state index contributed by atoms with van der Waals surface area (Å²) < 4.78 is 0. The first-order valence-electron chi connectivity index (χ1n) is 6.91. The molecular formula is C16H12CuN4O4. The summed E-state index contributed by atoms with van der Waals surface area (Å²) in [6, 6.07) is 14.2. The van der Waals surface area contributed by atoms with Gasteiger partial charge < -0.3 is 20.2 Å². The van der Waals surface area contributed by atoms with Crippen LogP contribution in [0.4, 0.5) is 11.4 Å². The molecule has 4 rings (SSSR count). The van der Waals surface area contributed by atoms with Crippen molar-refractivity contribution >= 4 is 33.2 Å². The predicted octanol–water partition coefficient (Wildman–Crippen LogP) is 4.54. The molecule has 0 amide bonds. The van der Waals surface area contributed by atoms with Crippen molar-refractivity contribution < 1.29 is 27.3 Å². The van der Waals surface area contributed by atoms with Crippen LogP contribution in [0.25, 0.3) is 21.8 Å². The number of aromatic nitrogens is 2. The van der Waals surface area contributed by atoms with Gasteiger partial charge in [-0.3, -0.25) is 0 Å². The number of H-pyrrole nitrogens is 2. The second-order valence-corrected chi connectivity index (χ2v) is 4.92. The molecule has 131 valence electrons. The summed E-state index contributed by atoms with van der Waals surface area (Å²) in [5, 5.41) is 25.1. The number of nitrogens with one attached hydrogen (secondary N) is 2. The largest absolute Gasteiger partial charge is 0.493 e.